The molecule has 1 saturated heterocycles. The van der Waals surface area contributed by atoms with Crippen LogP contribution in [-0.4, -0.2) is 53.1 Å². The van der Waals surface area contributed by atoms with E-state index >= 15 is 0 Å². The Morgan fingerprint density at radius 1 is 1.22 bits per heavy atom. The monoisotopic (exact) mass is 340 g/mol. The summed E-state index contributed by atoms with van der Waals surface area (Å²) in [5.41, 5.74) is 0. The maximum atomic E-state index is 12.5. The molecule has 0 bridgehead atoms. The number of Topliss-reactive ketones (excluding diaryl/α,β-unsaturated/α-hetero) is 1. The Balaban J connectivity index is 1.84. The summed E-state index contributed by atoms with van der Waals surface area (Å²) in [6.45, 7) is 5.58. The quantitative estimate of drug-likeness (QED) is 0.801. The number of carbonyl (C=O) groups is 3. The van der Waals surface area contributed by atoms with Gasteiger partial charge in [0.05, 0.1) is 11.8 Å². The SMILES string of the molecule is CCNC(=O)C1CCC(CN2CC(=O)CC(SCC)C2=O)CC1. The zero-order chi connectivity index (χ0) is 16.8. The number of hydrogen-bond acceptors (Lipinski definition) is 4. The predicted molar refractivity (Wildman–Crippen MR) is 92.3 cm³/mol. The molecular formula is C17H28N2O3S. The second kappa shape index (κ2) is 8.71. The topological polar surface area (TPSA) is 66.5 Å². The molecule has 6 heteroatoms. The van der Waals surface area contributed by atoms with E-state index in [1.165, 1.54) is 0 Å². The molecule has 0 radical (unpaired) electrons. The van der Waals surface area contributed by atoms with Crippen LogP contribution in [-0.2, 0) is 14.4 Å². The maximum absolute atomic E-state index is 12.5. The van der Waals surface area contributed by atoms with Crippen LogP contribution >= 0.6 is 11.8 Å². The fourth-order valence-electron chi connectivity index (χ4n) is 3.58. The number of amides is 2. The highest BCUT2D eigenvalue weighted by Crippen LogP contribution is 2.31. The molecule has 0 aromatic heterocycles. The lowest BCUT2D eigenvalue weighted by Crippen LogP contribution is -2.49. The number of ketones is 1. The molecule has 2 rings (SSSR count). The van der Waals surface area contributed by atoms with Crippen molar-refractivity contribution in [3.8, 4) is 0 Å². The van der Waals surface area contributed by atoms with Crippen molar-refractivity contribution in [1.82, 2.24) is 10.2 Å². The van der Waals surface area contributed by atoms with Crippen molar-refractivity contribution < 1.29 is 14.4 Å². The van der Waals surface area contributed by atoms with Gasteiger partial charge in [0.1, 0.15) is 0 Å². The van der Waals surface area contributed by atoms with Crippen LogP contribution in [0.3, 0.4) is 0 Å². The first-order chi connectivity index (χ1) is 11.0. The smallest absolute Gasteiger partial charge is 0.236 e. The first-order valence-corrected chi connectivity index (χ1v) is 9.79. The Morgan fingerprint density at radius 3 is 2.52 bits per heavy atom. The first-order valence-electron chi connectivity index (χ1n) is 8.74. The normalized spacial score (nSPS) is 28.8. The molecule has 1 atom stereocenters. The van der Waals surface area contributed by atoms with Crippen molar-refractivity contribution in [2.45, 2.75) is 51.2 Å². The van der Waals surface area contributed by atoms with E-state index in [0.29, 0.717) is 25.4 Å². The predicted octanol–water partition coefficient (Wildman–Crippen LogP) is 1.85. The average molecular weight is 340 g/mol. The Hall–Kier alpha value is -1.04. The second-order valence-corrected chi connectivity index (χ2v) is 8.00. The van der Waals surface area contributed by atoms with Crippen LogP contribution in [0.15, 0.2) is 0 Å². The maximum Gasteiger partial charge on any atom is 0.236 e. The summed E-state index contributed by atoms with van der Waals surface area (Å²) in [6.07, 6.45) is 4.09. The third-order valence-corrected chi connectivity index (χ3v) is 5.89. The molecule has 2 amide bonds. The molecule has 1 N–H and O–H groups in total. The lowest BCUT2D eigenvalue weighted by molar-refractivity contribution is -0.140. The van der Waals surface area contributed by atoms with Gasteiger partial charge in [-0.2, -0.15) is 0 Å². The third kappa shape index (κ3) is 4.96. The van der Waals surface area contributed by atoms with Gasteiger partial charge < -0.3 is 10.2 Å². The molecule has 2 fully saturated rings. The fraction of sp³-hybridized carbons (Fsp3) is 0.824. The Kier molecular flexibility index (Phi) is 6.93. The highest BCUT2D eigenvalue weighted by Gasteiger charge is 2.35. The minimum Gasteiger partial charge on any atom is -0.356 e. The lowest BCUT2D eigenvalue weighted by Gasteiger charge is -2.36. The lowest BCUT2D eigenvalue weighted by atomic mass is 9.81. The standard InChI is InChI=1S/C17H28N2O3S/c1-3-18-16(21)13-7-5-12(6-8-13)10-19-11-14(20)9-15(17(19)22)23-4-2/h12-13,15H,3-11H2,1-2H3,(H,18,21). The fourth-order valence-corrected chi connectivity index (χ4v) is 4.57. The molecule has 0 spiro atoms. The Morgan fingerprint density at radius 2 is 1.91 bits per heavy atom. The highest BCUT2D eigenvalue weighted by atomic mass is 32.2. The summed E-state index contributed by atoms with van der Waals surface area (Å²) in [5.74, 6) is 1.86. The molecule has 1 heterocycles. The van der Waals surface area contributed by atoms with Crippen molar-refractivity contribution in [3.05, 3.63) is 0 Å². The Bertz CT molecular complexity index is 447. The minimum atomic E-state index is -0.187. The molecule has 5 nitrogen and oxygen atoms in total. The summed E-state index contributed by atoms with van der Waals surface area (Å²) < 4.78 is 0. The average Bonchev–Trinajstić information content (AvgIpc) is 2.53. The van der Waals surface area contributed by atoms with E-state index in [2.05, 4.69) is 5.32 Å². The first kappa shape index (κ1) is 18.3. The molecule has 0 aromatic carbocycles. The third-order valence-electron chi connectivity index (χ3n) is 4.78. The van der Waals surface area contributed by atoms with Gasteiger partial charge >= 0.3 is 0 Å². The molecular weight excluding hydrogens is 312 g/mol. The molecule has 130 valence electrons. The van der Waals surface area contributed by atoms with E-state index in [0.717, 1.165) is 31.4 Å². The van der Waals surface area contributed by atoms with E-state index in [1.54, 1.807) is 16.7 Å². The van der Waals surface area contributed by atoms with Crippen LogP contribution < -0.4 is 5.32 Å². The number of carbonyl (C=O) groups excluding carboxylic acids is 3. The van der Waals surface area contributed by atoms with Crippen molar-refractivity contribution in [3.63, 3.8) is 0 Å². The van der Waals surface area contributed by atoms with Crippen LogP contribution in [0.2, 0.25) is 0 Å². The van der Waals surface area contributed by atoms with Crippen molar-refractivity contribution >= 4 is 29.4 Å². The zero-order valence-electron chi connectivity index (χ0n) is 14.2. The summed E-state index contributed by atoms with van der Waals surface area (Å²) in [7, 11) is 0. The summed E-state index contributed by atoms with van der Waals surface area (Å²) in [5, 5.41) is 2.71. The molecule has 1 saturated carbocycles. The molecule has 0 aromatic rings. The van der Waals surface area contributed by atoms with Crippen LogP contribution in [0, 0.1) is 11.8 Å². The van der Waals surface area contributed by atoms with E-state index < -0.39 is 0 Å². The number of nitrogens with zero attached hydrogens (tertiary/aromatic N) is 1. The number of hydrogen-bond donors (Lipinski definition) is 1. The van der Waals surface area contributed by atoms with Gasteiger partial charge in [0.2, 0.25) is 11.8 Å². The number of rotatable bonds is 6. The van der Waals surface area contributed by atoms with Gasteiger partial charge in [-0.05, 0) is 44.3 Å². The van der Waals surface area contributed by atoms with Crippen LogP contribution in [0.25, 0.3) is 0 Å². The molecule has 1 aliphatic carbocycles. The van der Waals surface area contributed by atoms with Gasteiger partial charge in [0.25, 0.3) is 0 Å². The minimum absolute atomic E-state index is 0.119. The summed E-state index contributed by atoms with van der Waals surface area (Å²) in [6, 6.07) is 0. The summed E-state index contributed by atoms with van der Waals surface area (Å²) >= 11 is 1.57. The van der Waals surface area contributed by atoms with E-state index in [1.807, 2.05) is 13.8 Å². The van der Waals surface area contributed by atoms with Gasteiger partial charge in [-0.1, -0.05) is 6.92 Å². The largest absolute Gasteiger partial charge is 0.356 e. The number of likely N-dealkylation sites (tertiary alicyclic amines) is 1. The molecule has 1 aliphatic heterocycles. The second-order valence-electron chi connectivity index (χ2n) is 6.52. The van der Waals surface area contributed by atoms with Gasteiger partial charge in [-0.25, -0.2) is 0 Å². The number of thioether (sulfide) groups is 1. The number of nitrogens with one attached hydrogen (secondary N) is 1. The van der Waals surface area contributed by atoms with Gasteiger partial charge in [0, 0.05) is 25.4 Å². The van der Waals surface area contributed by atoms with E-state index in [4.69, 9.17) is 0 Å². The van der Waals surface area contributed by atoms with Crippen molar-refractivity contribution in [2.24, 2.45) is 11.8 Å². The summed E-state index contributed by atoms with van der Waals surface area (Å²) in [4.78, 5) is 38.0. The molecule has 23 heavy (non-hydrogen) atoms. The van der Waals surface area contributed by atoms with Gasteiger partial charge in [-0.3, -0.25) is 14.4 Å². The van der Waals surface area contributed by atoms with Crippen molar-refractivity contribution in [1.29, 1.82) is 0 Å². The van der Waals surface area contributed by atoms with Crippen molar-refractivity contribution in [2.75, 3.05) is 25.4 Å². The molecule has 1 unspecified atom stereocenters. The zero-order valence-corrected chi connectivity index (χ0v) is 15.0. The Labute approximate surface area is 142 Å². The van der Waals surface area contributed by atoms with E-state index in [9.17, 15) is 14.4 Å². The highest BCUT2D eigenvalue weighted by molar-refractivity contribution is 8.00. The van der Waals surface area contributed by atoms with E-state index in [-0.39, 0.29) is 35.3 Å². The van der Waals surface area contributed by atoms with Crippen LogP contribution in [0.4, 0.5) is 0 Å². The van der Waals surface area contributed by atoms with Gasteiger partial charge in [-0.15, -0.1) is 11.8 Å². The number of piperidine rings is 1. The van der Waals surface area contributed by atoms with Gasteiger partial charge in [0.15, 0.2) is 5.78 Å². The molecule has 2 aliphatic rings. The van der Waals surface area contributed by atoms with Crippen LogP contribution in [0.5, 0.6) is 0 Å². The van der Waals surface area contributed by atoms with Crippen LogP contribution in [0.1, 0.15) is 46.0 Å².